The number of nitrogens with one attached hydrogen (secondary N) is 2. The second-order valence-corrected chi connectivity index (χ2v) is 14.1. The van der Waals surface area contributed by atoms with Gasteiger partial charge in [0.2, 0.25) is 11.8 Å². The molecule has 0 unspecified atom stereocenters. The first-order valence-corrected chi connectivity index (χ1v) is 18.1. The largest absolute Gasteiger partial charge is 0.494 e. The van der Waals surface area contributed by atoms with Crippen LogP contribution in [0.25, 0.3) is 10.9 Å². The predicted molar refractivity (Wildman–Crippen MR) is 188 cm³/mol. The fourth-order valence-corrected chi connectivity index (χ4v) is 7.84. The highest BCUT2D eigenvalue weighted by molar-refractivity contribution is 6.05. The SMILES string of the molecule is COc1cc2nn(C3CCC(N4CCN(CCc5cc(F)c([C@H]6CCC(=O)NC6=O)c(F)c5)CC4)CC3)cc2cc1NC(=O)c1cccc(C(F)(F)F)n1. The third-order valence-electron chi connectivity index (χ3n) is 10.8. The topological polar surface area (TPSA) is 122 Å². The monoisotopic (exact) mass is 753 g/mol. The lowest BCUT2D eigenvalue weighted by Gasteiger charge is -2.42. The van der Waals surface area contributed by atoms with Crippen LogP contribution in [0.5, 0.6) is 5.75 Å². The van der Waals surface area contributed by atoms with Gasteiger partial charge in [0.15, 0.2) is 0 Å². The Morgan fingerprint density at radius 3 is 2.33 bits per heavy atom. The van der Waals surface area contributed by atoms with Gasteiger partial charge in [0.25, 0.3) is 5.91 Å². The molecule has 3 aliphatic rings. The van der Waals surface area contributed by atoms with Crippen LogP contribution in [-0.2, 0) is 22.2 Å². The fourth-order valence-electron chi connectivity index (χ4n) is 7.84. The Labute approximate surface area is 307 Å². The molecular formula is C38H40F5N7O4. The van der Waals surface area contributed by atoms with E-state index in [1.165, 1.54) is 25.3 Å². The van der Waals surface area contributed by atoms with E-state index < -0.39 is 47.1 Å². The number of alkyl halides is 3. The third kappa shape index (κ3) is 8.09. The average molecular weight is 754 g/mol. The van der Waals surface area contributed by atoms with Crippen LogP contribution in [0, 0.1) is 11.6 Å². The molecular weight excluding hydrogens is 713 g/mol. The van der Waals surface area contributed by atoms with E-state index in [0.29, 0.717) is 41.5 Å². The standard InChI is InChI=1S/C38H40F5N7O4/c1-54-32-20-30-23(19-31(32)45-37(53)29-3-2-4-33(44-29)38(41,42)43)21-50(47-30)25-7-5-24(6-8-25)49-15-13-48(14-16-49)12-11-22-17-27(39)35(28(40)18-22)26-9-10-34(51)46-36(26)52/h2-4,17-21,24-26H,5-16H2,1H3,(H,45,53)(H,46,51,52)/t24?,25?,26-/m1/s1. The Hall–Kier alpha value is -4.96. The molecule has 1 atom stereocenters. The van der Waals surface area contributed by atoms with Gasteiger partial charge in [-0.2, -0.15) is 18.3 Å². The Morgan fingerprint density at radius 2 is 1.67 bits per heavy atom. The number of aromatic nitrogens is 3. The normalized spacial score (nSPS) is 21.6. The van der Waals surface area contributed by atoms with Gasteiger partial charge in [0, 0.05) is 68.4 Å². The third-order valence-corrected chi connectivity index (χ3v) is 10.8. The molecule has 286 valence electrons. The molecule has 2 aromatic carbocycles. The van der Waals surface area contributed by atoms with Crippen LogP contribution in [0.1, 0.15) is 77.8 Å². The number of anilines is 1. The quantitative estimate of drug-likeness (QED) is 0.161. The van der Waals surface area contributed by atoms with Crippen LogP contribution in [0.3, 0.4) is 0 Å². The van der Waals surface area contributed by atoms with Crippen molar-refractivity contribution in [2.75, 3.05) is 45.2 Å². The van der Waals surface area contributed by atoms with E-state index in [0.717, 1.165) is 69.4 Å². The molecule has 0 bridgehead atoms. The number of hydrogen-bond acceptors (Lipinski definition) is 8. The average Bonchev–Trinajstić information content (AvgIpc) is 3.57. The molecule has 0 radical (unpaired) electrons. The number of imide groups is 1. The van der Waals surface area contributed by atoms with Crippen LogP contribution in [0.15, 0.2) is 48.7 Å². The highest BCUT2D eigenvalue weighted by Crippen LogP contribution is 2.36. The number of amides is 3. The van der Waals surface area contributed by atoms with Gasteiger partial charge in [-0.05, 0) is 74.4 Å². The van der Waals surface area contributed by atoms with Crippen molar-refractivity contribution in [2.24, 2.45) is 0 Å². The van der Waals surface area contributed by atoms with E-state index >= 15 is 0 Å². The van der Waals surface area contributed by atoms with Crippen LogP contribution < -0.4 is 15.4 Å². The molecule has 7 rings (SSSR count). The van der Waals surface area contributed by atoms with E-state index in [4.69, 9.17) is 9.84 Å². The molecule has 0 spiro atoms. The number of benzene rings is 2. The summed E-state index contributed by atoms with van der Waals surface area (Å²) < 4.78 is 76.8. The lowest BCUT2D eigenvalue weighted by atomic mass is 9.89. The summed E-state index contributed by atoms with van der Waals surface area (Å²) in [7, 11) is 1.44. The van der Waals surface area contributed by atoms with E-state index in [1.54, 1.807) is 12.1 Å². The maximum absolute atomic E-state index is 15.0. The Kier molecular flexibility index (Phi) is 10.7. The number of ether oxygens (including phenoxy) is 1. The first kappa shape index (κ1) is 37.4. The lowest BCUT2D eigenvalue weighted by Crippen LogP contribution is -2.51. The van der Waals surface area contributed by atoms with E-state index in [2.05, 4.69) is 25.4 Å². The minimum absolute atomic E-state index is 0.0475. The van der Waals surface area contributed by atoms with Crippen molar-refractivity contribution < 1.29 is 41.1 Å². The molecule has 2 aliphatic heterocycles. The number of fused-ring (bicyclic) bond motifs is 1. The number of pyridine rings is 1. The summed E-state index contributed by atoms with van der Waals surface area (Å²) in [5.74, 6) is -4.11. The van der Waals surface area contributed by atoms with Gasteiger partial charge in [-0.25, -0.2) is 13.8 Å². The van der Waals surface area contributed by atoms with Crippen molar-refractivity contribution in [3.63, 3.8) is 0 Å². The molecule has 4 aromatic rings. The maximum atomic E-state index is 15.0. The number of hydrogen-bond donors (Lipinski definition) is 2. The molecule has 1 aliphatic carbocycles. The number of nitrogens with zero attached hydrogens (tertiary/aromatic N) is 5. The van der Waals surface area contributed by atoms with Crippen LogP contribution in [0.4, 0.5) is 27.6 Å². The molecule has 3 fully saturated rings. The zero-order valence-electron chi connectivity index (χ0n) is 29.6. The minimum atomic E-state index is -4.68. The molecule has 3 amide bonds. The van der Waals surface area contributed by atoms with Crippen molar-refractivity contribution in [3.8, 4) is 5.75 Å². The first-order valence-electron chi connectivity index (χ1n) is 18.1. The summed E-state index contributed by atoms with van der Waals surface area (Å²) in [5, 5.41) is 10.3. The summed E-state index contributed by atoms with van der Waals surface area (Å²) in [6, 6.07) is 9.75. The molecule has 16 heteroatoms. The summed E-state index contributed by atoms with van der Waals surface area (Å²) in [5.41, 5.74) is -0.321. The Morgan fingerprint density at radius 1 is 0.963 bits per heavy atom. The zero-order valence-corrected chi connectivity index (χ0v) is 29.6. The predicted octanol–water partition coefficient (Wildman–Crippen LogP) is 5.85. The number of carbonyl (C=O) groups is 3. The molecule has 54 heavy (non-hydrogen) atoms. The van der Waals surface area contributed by atoms with Crippen molar-refractivity contribution in [1.29, 1.82) is 0 Å². The smallest absolute Gasteiger partial charge is 0.433 e. The molecule has 2 N–H and O–H groups in total. The number of carbonyl (C=O) groups excluding carboxylic acids is 3. The summed E-state index contributed by atoms with van der Waals surface area (Å²) >= 11 is 0. The fraction of sp³-hybridized carbons (Fsp3) is 0.447. The number of rotatable bonds is 9. The van der Waals surface area contributed by atoms with Gasteiger partial charge in [0.1, 0.15) is 28.8 Å². The van der Waals surface area contributed by atoms with Crippen LogP contribution >= 0.6 is 0 Å². The Bertz CT molecular complexity index is 2030. The molecule has 2 aromatic heterocycles. The van der Waals surface area contributed by atoms with Crippen molar-refractivity contribution in [2.45, 2.75) is 69.1 Å². The van der Waals surface area contributed by atoms with Crippen molar-refractivity contribution in [3.05, 3.63) is 82.8 Å². The lowest BCUT2D eigenvalue weighted by molar-refractivity contribution is -0.141. The summed E-state index contributed by atoms with van der Waals surface area (Å²) in [6.45, 7) is 4.12. The number of piperazine rings is 1. The number of methoxy groups -OCH3 is 1. The Balaban J connectivity index is 0.902. The highest BCUT2D eigenvalue weighted by Gasteiger charge is 2.34. The van der Waals surface area contributed by atoms with Gasteiger partial charge in [0.05, 0.1) is 30.3 Å². The second kappa shape index (κ2) is 15.4. The maximum Gasteiger partial charge on any atom is 0.433 e. The van der Waals surface area contributed by atoms with Crippen molar-refractivity contribution in [1.82, 2.24) is 29.9 Å². The van der Waals surface area contributed by atoms with E-state index in [1.807, 2.05) is 10.9 Å². The molecule has 1 saturated carbocycles. The number of halogens is 5. The van der Waals surface area contributed by atoms with E-state index in [9.17, 15) is 36.3 Å². The molecule has 2 saturated heterocycles. The van der Waals surface area contributed by atoms with Gasteiger partial charge in [-0.3, -0.25) is 29.3 Å². The van der Waals surface area contributed by atoms with Gasteiger partial charge in [-0.15, -0.1) is 0 Å². The first-order chi connectivity index (χ1) is 25.9. The van der Waals surface area contributed by atoms with E-state index in [-0.39, 0.29) is 30.1 Å². The zero-order chi connectivity index (χ0) is 38.1. The van der Waals surface area contributed by atoms with Gasteiger partial charge < -0.3 is 15.0 Å². The van der Waals surface area contributed by atoms with Crippen molar-refractivity contribution >= 4 is 34.3 Å². The summed E-state index contributed by atoms with van der Waals surface area (Å²) in [6.07, 6.45) is 1.67. The number of piperidine rings is 1. The molecule has 11 nitrogen and oxygen atoms in total. The van der Waals surface area contributed by atoms with Gasteiger partial charge in [-0.1, -0.05) is 6.07 Å². The van der Waals surface area contributed by atoms with Crippen LogP contribution in [-0.4, -0.2) is 88.2 Å². The highest BCUT2D eigenvalue weighted by atomic mass is 19.4. The minimum Gasteiger partial charge on any atom is -0.494 e. The van der Waals surface area contributed by atoms with Gasteiger partial charge >= 0.3 is 6.18 Å². The summed E-state index contributed by atoms with van der Waals surface area (Å²) in [4.78, 5) is 44.8. The second-order valence-electron chi connectivity index (χ2n) is 14.1. The molecule has 4 heterocycles. The van der Waals surface area contributed by atoms with Crippen LogP contribution in [0.2, 0.25) is 0 Å².